The molecule has 0 aliphatic carbocycles. The summed E-state index contributed by atoms with van der Waals surface area (Å²) in [6, 6.07) is 1.83. The third kappa shape index (κ3) is 2.51. The van der Waals surface area contributed by atoms with Gasteiger partial charge >= 0.3 is 0 Å². The van der Waals surface area contributed by atoms with Crippen LogP contribution >= 0.6 is 11.3 Å². The Morgan fingerprint density at radius 3 is 2.83 bits per heavy atom. The van der Waals surface area contributed by atoms with Gasteiger partial charge in [0, 0.05) is 37.3 Å². The molecule has 1 aromatic heterocycles. The molecule has 0 atom stereocenters. The predicted molar refractivity (Wildman–Crippen MR) is 51.5 cm³/mol. The third-order valence-electron chi connectivity index (χ3n) is 1.33. The quantitative estimate of drug-likeness (QED) is 0.525. The molecule has 3 heteroatoms. The molecule has 0 unspecified atom stereocenters. The molecule has 0 aliphatic rings. The number of thiophene rings is 1. The van der Waals surface area contributed by atoms with Crippen LogP contribution in [0.4, 0.5) is 0 Å². The van der Waals surface area contributed by atoms with E-state index in [4.69, 9.17) is 0 Å². The summed E-state index contributed by atoms with van der Waals surface area (Å²) in [7, 11) is 3.77. The first-order valence-electron chi connectivity index (χ1n) is 3.61. The Labute approximate surface area is 76.1 Å². The molecule has 0 saturated carbocycles. The van der Waals surface area contributed by atoms with Crippen molar-refractivity contribution in [2.45, 2.75) is 0 Å². The molecule has 0 bridgehead atoms. The van der Waals surface area contributed by atoms with Crippen LogP contribution < -0.4 is 0 Å². The number of hydrogen-bond acceptors (Lipinski definition) is 3. The fourth-order valence-corrected chi connectivity index (χ4v) is 1.36. The summed E-state index contributed by atoms with van der Waals surface area (Å²) in [5, 5.41) is 3.75. The van der Waals surface area contributed by atoms with Crippen LogP contribution in [0.25, 0.3) is 0 Å². The van der Waals surface area contributed by atoms with E-state index in [9.17, 15) is 4.79 Å². The van der Waals surface area contributed by atoms with E-state index >= 15 is 0 Å². The van der Waals surface area contributed by atoms with Gasteiger partial charge in [0.2, 0.25) is 0 Å². The lowest BCUT2D eigenvalue weighted by molar-refractivity contribution is 0.104. The maximum absolute atomic E-state index is 11.3. The average Bonchev–Trinajstić information content (AvgIpc) is 2.51. The van der Waals surface area contributed by atoms with Gasteiger partial charge in [-0.3, -0.25) is 4.79 Å². The molecule has 1 heterocycles. The van der Waals surface area contributed by atoms with Gasteiger partial charge in [0.15, 0.2) is 5.78 Å². The molecule has 1 rings (SSSR count). The van der Waals surface area contributed by atoms with Crippen LogP contribution in [0.15, 0.2) is 29.1 Å². The summed E-state index contributed by atoms with van der Waals surface area (Å²) in [6.45, 7) is 0. The van der Waals surface area contributed by atoms with E-state index in [1.807, 2.05) is 35.8 Å². The van der Waals surface area contributed by atoms with Gasteiger partial charge in [-0.1, -0.05) is 0 Å². The van der Waals surface area contributed by atoms with E-state index in [-0.39, 0.29) is 5.78 Å². The fourth-order valence-electron chi connectivity index (χ4n) is 0.718. The molecule has 0 N–H and O–H groups in total. The molecule has 12 heavy (non-hydrogen) atoms. The summed E-state index contributed by atoms with van der Waals surface area (Å²) in [6.07, 6.45) is 3.32. The first-order valence-corrected chi connectivity index (χ1v) is 4.55. The topological polar surface area (TPSA) is 20.3 Å². The second kappa shape index (κ2) is 4.07. The summed E-state index contributed by atoms with van der Waals surface area (Å²) >= 11 is 1.53. The highest BCUT2D eigenvalue weighted by Gasteiger charge is 1.99. The first kappa shape index (κ1) is 9.00. The van der Waals surface area contributed by atoms with E-state index < -0.39 is 0 Å². The molecule has 64 valence electrons. The van der Waals surface area contributed by atoms with E-state index in [2.05, 4.69) is 0 Å². The Balaban J connectivity index is 2.62. The number of carbonyl (C=O) groups is 1. The molecule has 0 aromatic carbocycles. The lowest BCUT2D eigenvalue weighted by atomic mass is 10.2. The second-order valence-corrected chi connectivity index (χ2v) is 3.44. The minimum atomic E-state index is 0.0601. The molecule has 0 saturated heterocycles. The van der Waals surface area contributed by atoms with E-state index in [1.54, 1.807) is 12.3 Å². The predicted octanol–water partition coefficient (Wildman–Crippen LogP) is 2.01. The maximum Gasteiger partial charge on any atom is 0.188 e. The number of ketones is 1. The van der Waals surface area contributed by atoms with Gasteiger partial charge in [-0.2, -0.15) is 11.3 Å². The monoisotopic (exact) mass is 181 g/mol. The largest absolute Gasteiger partial charge is 0.383 e. The van der Waals surface area contributed by atoms with Crippen LogP contribution in [0.1, 0.15) is 10.4 Å². The molecule has 2 nitrogen and oxygen atoms in total. The van der Waals surface area contributed by atoms with Crippen molar-refractivity contribution >= 4 is 17.1 Å². The summed E-state index contributed by atoms with van der Waals surface area (Å²) in [5.41, 5.74) is 0.762. The fraction of sp³-hybridized carbons (Fsp3) is 0.222. The minimum absolute atomic E-state index is 0.0601. The molecule has 0 radical (unpaired) electrons. The van der Waals surface area contributed by atoms with Gasteiger partial charge in [-0.25, -0.2) is 0 Å². The van der Waals surface area contributed by atoms with Crippen molar-refractivity contribution in [3.8, 4) is 0 Å². The van der Waals surface area contributed by atoms with Crippen LogP contribution in [0.5, 0.6) is 0 Å². The number of carbonyl (C=O) groups excluding carboxylic acids is 1. The standard InChI is InChI=1S/C9H11NOS/c1-10(2)5-3-9(11)8-4-6-12-7-8/h3-7H,1-2H3/b5-3-. The van der Waals surface area contributed by atoms with Gasteiger partial charge in [0.05, 0.1) is 0 Å². The summed E-state index contributed by atoms with van der Waals surface area (Å²) in [5.74, 6) is 0.0601. The smallest absolute Gasteiger partial charge is 0.188 e. The van der Waals surface area contributed by atoms with Crippen LogP contribution in [-0.4, -0.2) is 24.8 Å². The number of allylic oxidation sites excluding steroid dienone is 1. The number of nitrogens with zero attached hydrogens (tertiary/aromatic N) is 1. The summed E-state index contributed by atoms with van der Waals surface area (Å²) < 4.78 is 0. The number of hydrogen-bond donors (Lipinski definition) is 0. The highest BCUT2D eigenvalue weighted by atomic mass is 32.1. The van der Waals surface area contributed by atoms with Gasteiger partial charge in [-0.05, 0) is 11.4 Å². The van der Waals surface area contributed by atoms with Crippen molar-refractivity contribution in [1.82, 2.24) is 4.90 Å². The number of rotatable bonds is 3. The van der Waals surface area contributed by atoms with Gasteiger partial charge in [0.1, 0.15) is 0 Å². The molecule has 0 spiro atoms. The summed E-state index contributed by atoms with van der Waals surface area (Å²) in [4.78, 5) is 13.1. The normalized spacial score (nSPS) is 10.5. The molecule has 1 aromatic rings. The Morgan fingerprint density at radius 1 is 1.58 bits per heavy atom. The zero-order valence-electron chi connectivity index (χ0n) is 7.15. The lowest BCUT2D eigenvalue weighted by Gasteiger charge is -2.01. The average molecular weight is 181 g/mol. The first-order chi connectivity index (χ1) is 5.70. The van der Waals surface area contributed by atoms with Crippen molar-refractivity contribution in [2.75, 3.05) is 14.1 Å². The van der Waals surface area contributed by atoms with E-state index in [0.29, 0.717) is 0 Å². The van der Waals surface area contributed by atoms with Crippen molar-refractivity contribution in [1.29, 1.82) is 0 Å². The van der Waals surface area contributed by atoms with Gasteiger partial charge < -0.3 is 4.90 Å². The van der Waals surface area contributed by atoms with Crippen LogP contribution in [0.2, 0.25) is 0 Å². The molecule has 0 amide bonds. The molecule has 0 fully saturated rings. The van der Waals surface area contributed by atoms with E-state index in [0.717, 1.165) is 5.56 Å². The van der Waals surface area contributed by atoms with Crippen molar-refractivity contribution < 1.29 is 4.79 Å². The van der Waals surface area contributed by atoms with Gasteiger partial charge in [-0.15, -0.1) is 0 Å². The Bertz CT molecular complexity index is 275. The van der Waals surface area contributed by atoms with E-state index in [1.165, 1.54) is 11.3 Å². The SMILES string of the molecule is CN(C)/C=C\C(=O)c1ccsc1. The highest BCUT2D eigenvalue weighted by molar-refractivity contribution is 7.08. The maximum atomic E-state index is 11.3. The second-order valence-electron chi connectivity index (χ2n) is 2.66. The Morgan fingerprint density at radius 2 is 2.33 bits per heavy atom. The molecule has 0 aliphatic heterocycles. The zero-order valence-corrected chi connectivity index (χ0v) is 7.97. The Kier molecular flexibility index (Phi) is 3.05. The van der Waals surface area contributed by atoms with Crippen molar-refractivity contribution in [2.24, 2.45) is 0 Å². The third-order valence-corrected chi connectivity index (χ3v) is 2.01. The van der Waals surface area contributed by atoms with Crippen molar-refractivity contribution in [3.63, 3.8) is 0 Å². The van der Waals surface area contributed by atoms with Crippen LogP contribution in [-0.2, 0) is 0 Å². The van der Waals surface area contributed by atoms with Gasteiger partial charge in [0.25, 0.3) is 0 Å². The minimum Gasteiger partial charge on any atom is -0.383 e. The van der Waals surface area contributed by atoms with Crippen LogP contribution in [0, 0.1) is 0 Å². The molecular formula is C9H11NOS. The zero-order chi connectivity index (χ0) is 8.97. The molecular weight excluding hydrogens is 170 g/mol. The Hall–Kier alpha value is -1.09. The lowest BCUT2D eigenvalue weighted by Crippen LogP contribution is -2.02. The van der Waals surface area contributed by atoms with Crippen LogP contribution in [0.3, 0.4) is 0 Å². The highest BCUT2D eigenvalue weighted by Crippen LogP contribution is 2.07. The van der Waals surface area contributed by atoms with Crippen molar-refractivity contribution in [3.05, 3.63) is 34.7 Å².